The zero-order valence-corrected chi connectivity index (χ0v) is 24.9. The molecule has 0 saturated carbocycles. The molecule has 0 saturated heterocycles. The predicted molar refractivity (Wildman–Crippen MR) is 188 cm³/mol. The summed E-state index contributed by atoms with van der Waals surface area (Å²) in [5.74, 6) is 0. The molecule has 2 aromatic heterocycles. The van der Waals surface area contributed by atoms with Gasteiger partial charge in [0.05, 0.1) is 11.0 Å². The van der Waals surface area contributed by atoms with E-state index in [1.165, 1.54) is 33.4 Å². The second-order valence-electron chi connectivity index (χ2n) is 11.4. The van der Waals surface area contributed by atoms with Gasteiger partial charge in [-0.15, -0.1) is 0 Å². The summed E-state index contributed by atoms with van der Waals surface area (Å²) < 4.78 is 0. The van der Waals surface area contributed by atoms with Gasteiger partial charge in [0.15, 0.2) is 0 Å². The van der Waals surface area contributed by atoms with E-state index in [-0.39, 0.29) is 0 Å². The molecule has 0 radical (unpaired) electrons. The number of hydrogen-bond acceptors (Lipinski definition) is 2. The number of hydrogen-bond donors (Lipinski definition) is 0. The molecule has 2 heterocycles. The largest absolute Gasteiger partial charge is 0.253 e. The van der Waals surface area contributed by atoms with Crippen LogP contribution in [0.5, 0.6) is 0 Å². The summed E-state index contributed by atoms with van der Waals surface area (Å²) in [6.45, 7) is 4.21. The summed E-state index contributed by atoms with van der Waals surface area (Å²) in [5, 5.41) is 2.17. The topological polar surface area (TPSA) is 25.8 Å². The van der Waals surface area contributed by atoms with Gasteiger partial charge in [-0.1, -0.05) is 145 Å². The Kier molecular flexibility index (Phi) is 7.40. The Morgan fingerprint density at radius 1 is 0.364 bits per heavy atom. The van der Waals surface area contributed by atoms with E-state index in [2.05, 4.69) is 159 Å². The van der Waals surface area contributed by atoms with Gasteiger partial charge in [0, 0.05) is 34.3 Å². The average molecular weight is 565 g/mol. The van der Waals surface area contributed by atoms with Crippen molar-refractivity contribution in [3.05, 3.63) is 167 Å². The first-order valence-corrected chi connectivity index (χ1v) is 15.0. The zero-order valence-electron chi connectivity index (χ0n) is 24.9. The van der Waals surface area contributed by atoms with Crippen LogP contribution in [0.3, 0.4) is 0 Å². The minimum atomic E-state index is 0.923. The summed E-state index contributed by atoms with van der Waals surface area (Å²) in [6.07, 6.45) is 12.5. The minimum absolute atomic E-state index is 0.923. The fourth-order valence-electron chi connectivity index (χ4n) is 5.42. The molecule has 44 heavy (non-hydrogen) atoms. The molecule has 7 aromatic rings. The predicted octanol–water partition coefficient (Wildman–Crippen LogP) is 11.1. The third kappa shape index (κ3) is 5.97. The number of aryl methyl sites for hydroxylation is 2. The van der Waals surface area contributed by atoms with Crippen molar-refractivity contribution in [3.8, 4) is 22.3 Å². The van der Waals surface area contributed by atoms with Crippen molar-refractivity contribution >= 4 is 46.1 Å². The van der Waals surface area contributed by atoms with Gasteiger partial charge in [0.25, 0.3) is 0 Å². The summed E-state index contributed by atoms with van der Waals surface area (Å²) in [7, 11) is 0. The van der Waals surface area contributed by atoms with Crippen molar-refractivity contribution in [2.75, 3.05) is 0 Å². The van der Waals surface area contributed by atoms with E-state index in [1.807, 2.05) is 12.4 Å². The maximum Gasteiger partial charge on any atom is 0.0965 e. The van der Waals surface area contributed by atoms with Gasteiger partial charge in [-0.2, -0.15) is 0 Å². The number of rotatable bonds is 6. The van der Waals surface area contributed by atoms with Crippen LogP contribution in [0.1, 0.15) is 33.4 Å². The van der Waals surface area contributed by atoms with E-state index < -0.39 is 0 Å². The second kappa shape index (κ2) is 11.9. The van der Waals surface area contributed by atoms with Gasteiger partial charge in [-0.05, 0) is 59.4 Å². The third-order valence-electron chi connectivity index (χ3n) is 8.08. The molecule has 0 atom stereocenters. The number of fused-ring (bicyclic) bond motifs is 3. The summed E-state index contributed by atoms with van der Waals surface area (Å²) >= 11 is 0. The van der Waals surface area contributed by atoms with Gasteiger partial charge < -0.3 is 0 Å². The maximum absolute atomic E-state index is 4.87. The first-order valence-electron chi connectivity index (χ1n) is 15.0. The van der Waals surface area contributed by atoms with Gasteiger partial charge in [-0.25, -0.2) is 0 Å². The molecule has 210 valence electrons. The zero-order chi connectivity index (χ0) is 29.9. The van der Waals surface area contributed by atoms with Crippen LogP contribution in [0.4, 0.5) is 0 Å². The monoisotopic (exact) mass is 564 g/mol. The molecule has 0 aliphatic heterocycles. The number of pyridine rings is 2. The van der Waals surface area contributed by atoms with E-state index >= 15 is 0 Å². The minimum Gasteiger partial charge on any atom is -0.253 e. The molecule has 2 heteroatoms. The number of benzene rings is 5. The summed E-state index contributed by atoms with van der Waals surface area (Å²) in [5.41, 5.74) is 13.6. The second-order valence-corrected chi connectivity index (χ2v) is 11.4. The van der Waals surface area contributed by atoms with Gasteiger partial charge >= 0.3 is 0 Å². The van der Waals surface area contributed by atoms with Crippen molar-refractivity contribution in [2.24, 2.45) is 0 Å². The highest BCUT2D eigenvalue weighted by atomic mass is 14.7. The molecule has 0 N–H and O–H groups in total. The van der Waals surface area contributed by atoms with Crippen molar-refractivity contribution in [2.45, 2.75) is 13.8 Å². The molecule has 0 bridgehead atoms. The molecule has 5 aromatic carbocycles. The van der Waals surface area contributed by atoms with Crippen LogP contribution < -0.4 is 0 Å². The van der Waals surface area contributed by atoms with Crippen LogP contribution in [0.25, 0.3) is 68.4 Å². The lowest BCUT2D eigenvalue weighted by atomic mass is 10.0. The van der Waals surface area contributed by atoms with Gasteiger partial charge in [-0.3, -0.25) is 9.97 Å². The molecule has 7 rings (SSSR count). The quantitative estimate of drug-likeness (QED) is 0.148. The van der Waals surface area contributed by atoms with Gasteiger partial charge in [0.2, 0.25) is 0 Å². The molecule has 0 aliphatic carbocycles. The van der Waals surface area contributed by atoms with Crippen LogP contribution in [0, 0.1) is 13.8 Å². The SMILES string of the molecule is Cc1ccc(/C=C/c2ccc(-c3cnc4c(ccc5cc(-c6ccc(/C=C/c7ccc(C)cc7)cc6)cnc54)c3)cc2)cc1. The number of aromatic nitrogens is 2. The van der Waals surface area contributed by atoms with E-state index in [4.69, 9.17) is 9.97 Å². The van der Waals surface area contributed by atoms with Crippen molar-refractivity contribution in [1.29, 1.82) is 0 Å². The van der Waals surface area contributed by atoms with Crippen molar-refractivity contribution in [1.82, 2.24) is 9.97 Å². The van der Waals surface area contributed by atoms with Crippen LogP contribution >= 0.6 is 0 Å². The Balaban J connectivity index is 1.09. The third-order valence-corrected chi connectivity index (χ3v) is 8.08. The first-order chi connectivity index (χ1) is 21.6. The van der Waals surface area contributed by atoms with E-state index in [1.54, 1.807) is 0 Å². The van der Waals surface area contributed by atoms with E-state index in [9.17, 15) is 0 Å². The molecule has 0 spiro atoms. The van der Waals surface area contributed by atoms with Gasteiger partial charge in [0.1, 0.15) is 0 Å². The Labute approximate surface area is 258 Å². The fourth-order valence-corrected chi connectivity index (χ4v) is 5.42. The maximum atomic E-state index is 4.87. The lowest BCUT2D eigenvalue weighted by Crippen LogP contribution is -1.89. The highest BCUT2D eigenvalue weighted by Crippen LogP contribution is 2.30. The van der Waals surface area contributed by atoms with Crippen LogP contribution in [-0.4, -0.2) is 9.97 Å². The molecule has 0 amide bonds. The van der Waals surface area contributed by atoms with Crippen LogP contribution in [0.15, 0.2) is 134 Å². The number of nitrogens with zero attached hydrogens (tertiary/aromatic N) is 2. The van der Waals surface area contributed by atoms with Crippen molar-refractivity contribution < 1.29 is 0 Å². The molecular weight excluding hydrogens is 532 g/mol. The molecule has 0 aliphatic rings. The summed E-state index contributed by atoms with van der Waals surface area (Å²) in [4.78, 5) is 9.74. The smallest absolute Gasteiger partial charge is 0.0965 e. The van der Waals surface area contributed by atoms with Crippen LogP contribution in [-0.2, 0) is 0 Å². The standard InChI is InChI=1S/C42H32N2/c1-29-3-7-31(8-4-29)11-13-33-15-19-35(20-16-33)39-25-37-23-24-38-26-40(28-44-42(38)41(37)43-27-39)36-21-17-34(18-22-36)14-12-32-9-5-30(2)6-10-32/h3-28H,1-2H3/b13-11+,14-12+. The normalized spacial score (nSPS) is 11.7. The van der Waals surface area contributed by atoms with Crippen LogP contribution in [0.2, 0.25) is 0 Å². The van der Waals surface area contributed by atoms with E-state index in [0.29, 0.717) is 0 Å². The lowest BCUT2D eigenvalue weighted by Gasteiger charge is -2.08. The Bertz CT molecular complexity index is 1980. The highest BCUT2D eigenvalue weighted by molar-refractivity contribution is 6.04. The first kappa shape index (κ1) is 27.2. The molecule has 0 unspecified atom stereocenters. The highest BCUT2D eigenvalue weighted by Gasteiger charge is 2.08. The molecule has 0 fully saturated rings. The summed E-state index contributed by atoms with van der Waals surface area (Å²) in [6, 6.07) is 43.1. The average Bonchev–Trinajstić information content (AvgIpc) is 3.07. The Morgan fingerprint density at radius 2 is 0.682 bits per heavy atom. The Hall–Kier alpha value is -5.60. The molecular formula is C42H32N2. The lowest BCUT2D eigenvalue weighted by molar-refractivity contribution is 1.37. The van der Waals surface area contributed by atoms with Crippen molar-refractivity contribution in [3.63, 3.8) is 0 Å². The fraction of sp³-hybridized carbons (Fsp3) is 0.0476. The molecule has 2 nitrogen and oxygen atoms in total. The van der Waals surface area contributed by atoms with E-state index in [0.717, 1.165) is 44.1 Å². The Morgan fingerprint density at radius 3 is 1.02 bits per heavy atom.